The van der Waals surface area contributed by atoms with Crippen LogP contribution in [-0.4, -0.2) is 44.0 Å². The number of carbonyl (C=O) groups is 4. The molecule has 12 heteroatoms. The highest BCUT2D eigenvalue weighted by molar-refractivity contribution is 6.10. The molecule has 1 aliphatic carbocycles. The van der Waals surface area contributed by atoms with Crippen LogP contribution >= 0.6 is 0 Å². The fourth-order valence-electron chi connectivity index (χ4n) is 5.61. The average molecular weight is 634 g/mol. The zero-order valence-corrected chi connectivity index (χ0v) is 24.0. The molecule has 9 nitrogen and oxygen atoms in total. The molecule has 1 atom stereocenters. The Hall–Kier alpha value is -5.65. The molecule has 0 aliphatic heterocycles. The van der Waals surface area contributed by atoms with Crippen LogP contribution < -0.4 is 4.74 Å². The van der Waals surface area contributed by atoms with Crippen molar-refractivity contribution in [3.63, 3.8) is 0 Å². The second kappa shape index (κ2) is 12.8. The molecule has 0 aromatic heterocycles. The molecule has 5 rings (SSSR count). The van der Waals surface area contributed by atoms with E-state index in [0.717, 1.165) is 35.7 Å². The predicted octanol–water partition coefficient (Wildman–Crippen LogP) is 7.31. The third-order valence-corrected chi connectivity index (χ3v) is 7.70. The van der Waals surface area contributed by atoms with Gasteiger partial charge < -0.3 is 25.0 Å². The van der Waals surface area contributed by atoms with E-state index in [4.69, 9.17) is 4.74 Å². The van der Waals surface area contributed by atoms with E-state index < -0.39 is 63.9 Å². The van der Waals surface area contributed by atoms with Crippen LogP contribution in [0.3, 0.4) is 0 Å². The van der Waals surface area contributed by atoms with E-state index in [2.05, 4.69) is 0 Å². The zero-order chi connectivity index (χ0) is 33.2. The Morgan fingerprint density at radius 1 is 0.739 bits per heavy atom. The number of halogens is 3. The maximum absolute atomic E-state index is 14.3. The number of aromatic carboxylic acids is 3. The smallest absolute Gasteiger partial charge is 0.416 e. The van der Waals surface area contributed by atoms with Crippen molar-refractivity contribution in [3.8, 4) is 11.5 Å². The summed E-state index contributed by atoms with van der Waals surface area (Å²) in [5.41, 5.74) is -1.33. The topological polar surface area (TPSA) is 141 Å². The molecule has 1 amide bonds. The number of fused-ring (bicyclic) bond motifs is 1. The van der Waals surface area contributed by atoms with Gasteiger partial charge in [-0.1, -0.05) is 42.5 Å². The molecule has 3 N–H and O–H groups in total. The number of nitrogens with zero attached hydrogens (tertiary/aromatic N) is 1. The fourth-order valence-corrected chi connectivity index (χ4v) is 5.61. The van der Waals surface area contributed by atoms with E-state index >= 15 is 0 Å². The predicted molar refractivity (Wildman–Crippen MR) is 157 cm³/mol. The molecule has 0 heterocycles. The number of rotatable bonds is 9. The van der Waals surface area contributed by atoms with Gasteiger partial charge in [0.05, 0.1) is 33.9 Å². The summed E-state index contributed by atoms with van der Waals surface area (Å²) in [5, 5.41) is 29.2. The van der Waals surface area contributed by atoms with Gasteiger partial charge in [0.1, 0.15) is 11.5 Å². The number of ether oxygens (including phenoxy) is 1. The van der Waals surface area contributed by atoms with Gasteiger partial charge in [0, 0.05) is 6.54 Å². The van der Waals surface area contributed by atoms with Crippen LogP contribution in [0, 0.1) is 0 Å². The molecule has 0 radical (unpaired) electrons. The van der Waals surface area contributed by atoms with Gasteiger partial charge >= 0.3 is 24.1 Å². The van der Waals surface area contributed by atoms with E-state index in [9.17, 15) is 47.7 Å². The minimum atomic E-state index is -4.57. The first kappa shape index (κ1) is 31.8. The second-order valence-electron chi connectivity index (χ2n) is 10.7. The molecule has 236 valence electrons. The number of amides is 1. The quantitative estimate of drug-likeness (QED) is 0.174. The Kier molecular flexibility index (Phi) is 8.81. The summed E-state index contributed by atoms with van der Waals surface area (Å²) in [6.45, 7) is -0.125. The Labute approximate surface area is 260 Å². The lowest BCUT2D eigenvalue weighted by molar-refractivity contribution is -0.137. The van der Waals surface area contributed by atoms with E-state index in [1.807, 2.05) is 18.2 Å². The summed E-state index contributed by atoms with van der Waals surface area (Å²) >= 11 is 0. The van der Waals surface area contributed by atoms with Crippen LogP contribution in [-0.2, 0) is 19.1 Å². The molecule has 0 spiro atoms. The molecule has 1 aliphatic rings. The van der Waals surface area contributed by atoms with Gasteiger partial charge in [-0.2, -0.15) is 13.2 Å². The third kappa shape index (κ3) is 6.70. The molecule has 4 aromatic carbocycles. The molecule has 46 heavy (non-hydrogen) atoms. The van der Waals surface area contributed by atoms with Crippen molar-refractivity contribution in [2.24, 2.45) is 0 Å². The van der Waals surface area contributed by atoms with E-state index in [-0.39, 0.29) is 18.0 Å². The normalized spacial score (nSPS) is 14.2. The number of hydrogen-bond acceptors (Lipinski definition) is 5. The number of carbonyl (C=O) groups excluding carboxylic acids is 1. The number of hydrogen-bond donors (Lipinski definition) is 3. The number of carboxylic acid groups (broad SMARTS) is 3. The van der Waals surface area contributed by atoms with Gasteiger partial charge in [-0.05, 0) is 78.4 Å². The SMILES string of the molecule is O=C(O)c1cc(C(=O)O)c(C(=O)N(Cc2cccc(Oc3cccc(C(F)(F)F)c3)c2)C2CCCc3ccccc32)cc1C(=O)O. The minimum Gasteiger partial charge on any atom is -0.478 e. The molecule has 0 fully saturated rings. The summed E-state index contributed by atoms with van der Waals surface area (Å²) in [5.74, 6) is -5.68. The maximum atomic E-state index is 14.3. The third-order valence-electron chi connectivity index (χ3n) is 7.70. The number of alkyl halides is 3. The first-order valence-corrected chi connectivity index (χ1v) is 14.0. The van der Waals surface area contributed by atoms with Crippen LogP contribution in [0.2, 0.25) is 0 Å². The van der Waals surface area contributed by atoms with Crippen molar-refractivity contribution in [1.29, 1.82) is 0 Å². The first-order valence-electron chi connectivity index (χ1n) is 14.0. The van der Waals surface area contributed by atoms with Crippen molar-refractivity contribution in [3.05, 3.63) is 129 Å². The summed E-state index contributed by atoms with van der Waals surface area (Å²) in [6, 6.07) is 18.9. The first-order chi connectivity index (χ1) is 21.8. The van der Waals surface area contributed by atoms with Gasteiger partial charge in [-0.25, -0.2) is 14.4 Å². The second-order valence-corrected chi connectivity index (χ2v) is 10.7. The highest BCUT2D eigenvalue weighted by atomic mass is 19.4. The van der Waals surface area contributed by atoms with Crippen molar-refractivity contribution in [2.45, 2.75) is 38.0 Å². The lowest BCUT2D eigenvalue weighted by Gasteiger charge is -2.36. The van der Waals surface area contributed by atoms with Crippen LogP contribution in [0.25, 0.3) is 0 Å². The van der Waals surface area contributed by atoms with Crippen molar-refractivity contribution < 1.29 is 52.4 Å². The van der Waals surface area contributed by atoms with Crippen molar-refractivity contribution in [2.75, 3.05) is 0 Å². The molecule has 1 unspecified atom stereocenters. The Balaban J connectivity index is 1.58. The van der Waals surface area contributed by atoms with E-state index in [0.29, 0.717) is 24.5 Å². The summed E-state index contributed by atoms with van der Waals surface area (Å²) in [7, 11) is 0. The number of benzene rings is 4. The largest absolute Gasteiger partial charge is 0.478 e. The van der Waals surface area contributed by atoms with Crippen molar-refractivity contribution in [1.82, 2.24) is 4.90 Å². The molecule has 0 bridgehead atoms. The number of aryl methyl sites for hydroxylation is 1. The van der Waals surface area contributed by atoms with E-state index in [1.54, 1.807) is 18.2 Å². The maximum Gasteiger partial charge on any atom is 0.416 e. The average Bonchev–Trinajstić information content (AvgIpc) is 3.02. The van der Waals surface area contributed by atoms with Crippen molar-refractivity contribution >= 4 is 23.8 Å². The van der Waals surface area contributed by atoms with Gasteiger partial charge in [-0.15, -0.1) is 0 Å². The van der Waals surface area contributed by atoms with Crippen LogP contribution in [0.1, 0.15) is 82.6 Å². The van der Waals surface area contributed by atoms with E-state index in [1.165, 1.54) is 29.2 Å². The summed E-state index contributed by atoms with van der Waals surface area (Å²) in [4.78, 5) is 51.7. The standard InChI is InChI=1S/C34H26F3NO8/c35-34(36,37)21-9-5-11-23(15-21)46-22-10-3-6-19(14-22)18-38(29-13-4-8-20-7-1-2-12-24(20)29)30(39)25-16-27(32(42)43)28(33(44)45)17-26(25)31(40)41/h1-3,5-7,9-12,14-17,29H,4,8,13,18H2,(H,40,41)(H,42,43)(H,44,45). The lowest BCUT2D eigenvalue weighted by Crippen LogP contribution is -2.37. The van der Waals surface area contributed by atoms with Gasteiger partial charge in [0.15, 0.2) is 0 Å². The fraction of sp³-hybridized carbons (Fsp3) is 0.176. The molecule has 0 saturated carbocycles. The van der Waals surface area contributed by atoms with Crippen LogP contribution in [0.4, 0.5) is 13.2 Å². The van der Waals surface area contributed by atoms with Crippen LogP contribution in [0.15, 0.2) is 84.9 Å². The molecule has 0 saturated heterocycles. The highest BCUT2D eigenvalue weighted by Crippen LogP contribution is 2.38. The zero-order valence-electron chi connectivity index (χ0n) is 24.0. The Morgan fingerprint density at radius 2 is 1.33 bits per heavy atom. The summed E-state index contributed by atoms with van der Waals surface area (Å²) in [6.07, 6.45) is -2.65. The Morgan fingerprint density at radius 3 is 1.98 bits per heavy atom. The minimum absolute atomic E-state index is 0.0630. The Bertz CT molecular complexity index is 1850. The van der Waals surface area contributed by atoms with Gasteiger partial charge in [-0.3, -0.25) is 4.79 Å². The number of carboxylic acids is 3. The summed E-state index contributed by atoms with van der Waals surface area (Å²) < 4.78 is 45.4. The molecular formula is C34H26F3NO8. The van der Waals surface area contributed by atoms with Gasteiger partial charge in [0.25, 0.3) is 5.91 Å². The molecule has 4 aromatic rings. The lowest BCUT2D eigenvalue weighted by atomic mass is 9.86. The van der Waals surface area contributed by atoms with Gasteiger partial charge in [0.2, 0.25) is 0 Å². The van der Waals surface area contributed by atoms with Crippen LogP contribution in [0.5, 0.6) is 11.5 Å². The monoisotopic (exact) mass is 633 g/mol. The molecular weight excluding hydrogens is 607 g/mol. The highest BCUT2D eigenvalue weighted by Gasteiger charge is 2.34.